The van der Waals surface area contributed by atoms with Crippen molar-refractivity contribution in [1.29, 1.82) is 0 Å². The van der Waals surface area contributed by atoms with Gasteiger partial charge in [-0.2, -0.15) is 0 Å². The van der Waals surface area contributed by atoms with Gasteiger partial charge in [0.25, 0.3) is 0 Å². The maximum atomic E-state index is 10.9. The summed E-state index contributed by atoms with van der Waals surface area (Å²) in [5, 5.41) is 0. The third kappa shape index (κ3) is 9.58. The van der Waals surface area contributed by atoms with Crippen molar-refractivity contribution in [3.8, 4) is 0 Å². The molecule has 0 amide bonds. The molecular formula is C20H34O3. The second-order valence-electron chi connectivity index (χ2n) is 6.68. The van der Waals surface area contributed by atoms with Crippen molar-refractivity contribution in [3.05, 3.63) is 12.2 Å². The van der Waals surface area contributed by atoms with Crippen LogP contribution in [0.4, 0.5) is 0 Å². The average Bonchev–Trinajstić information content (AvgIpc) is 2.54. The van der Waals surface area contributed by atoms with E-state index in [-0.39, 0.29) is 0 Å². The summed E-state index contributed by atoms with van der Waals surface area (Å²) in [6.45, 7) is 2.27. The van der Waals surface area contributed by atoms with Crippen LogP contribution in [0.5, 0.6) is 0 Å². The van der Waals surface area contributed by atoms with E-state index >= 15 is 0 Å². The summed E-state index contributed by atoms with van der Waals surface area (Å²) >= 11 is 0. The van der Waals surface area contributed by atoms with E-state index in [1.807, 2.05) is 6.08 Å². The van der Waals surface area contributed by atoms with Crippen LogP contribution in [0.3, 0.4) is 0 Å². The molecule has 3 heteroatoms. The van der Waals surface area contributed by atoms with Gasteiger partial charge in [-0.15, -0.1) is 0 Å². The number of allylic oxidation sites excluding steroid dienone is 1. The first kappa shape index (κ1) is 19.9. The first-order valence-electron chi connectivity index (χ1n) is 9.68. The molecule has 0 aromatic rings. The van der Waals surface area contributed by atoms with Crippen molar-refractivity contribution in [2.45, 2.75) is 96.8 Å². The van der Waals surface area contributed by atoms with Crippen molar-refractivity contribution in [1.82, 2.24) is 0 Å². The highest BCUT2D eigenvalue weighted by molar-refractivity contribution is 6.11. The molecule has 0 aliphatic carbocycles. The summed E-state index contributed by atoms with van der Waals surface area (Å²) < 4.78 is 4.30. The van der Waals surface area contributed by atoms with Crippen molar-refractivity contribution in [2.24, 2.45) is 5.92 Å². The van der Waals surface area contributed by atoms with E-state index in [0.29, 0.717) is 0 Å². The molecule has 0 atom stereocenters. The molecule has 0 aromatic heterocycles. The van der Waals surface area contributed by atoms with Crippen molar-refractivity contribution >= 4 is 11.9 Å². The van der Waals surface area contributed by atoms with Gasteiger partial charge in [-0.25, -0.2) is 0 Å². The molecule has 1 aliphatic heterocycles. The van der Waals surface area contributed by atoms with Gasteiger partial charge in [-0.05, 0) is 12.8 Å². The van der Waals surface area contributed by atoms with Crippen LogP contribution in [-0.2, 0) is 14.3 Å². The van der Waals surface area contributed by atoms with Gasteiger partial charge in [0, 0.05) is 0 Å². The number of cyclic esters (lactones) is 2. The van der Waals surface area contributed by atoms with Crippen LogP contribution in [0, 0.1) is 5.92 Å². The Bertz CT molecular complexity index is 346. The average molecular weight is 322 g/mol. The Morgan fingerprint density at radius 2 is 1.17 bits per heavy atom. The number of esters is 2. The lowest BCUT2D eigenvalue weighted by Gasteiger charge is -2.17. The Kier molecular flexibility index (Phi) is 11.5. The van der Waals surface area contributed by atoms with Crippen LogP contribution in [0.2, 0.25) is 0 Å². The normalized spacial score (nSPS) is 15.2. The Hall–Kier alpha value is -1.12. The molecule has 0 spiro atoms. The first-order valence-corrected chi connectivity index (χ1v) is 9.68. The highest BCUT2D eigenvalue weighted by Gasteiger charge is 2.39. The van der Waals surface area contributed by atoms with E-state index in [1.54, 1.807) is 6.08 Å². The van der Waals surface area contributed by atoms with Gasteiger partial charge in [-0.1, -0.05) is 96.1 Å². The van der Waals surface area contributed by atoms with E-state index in [0.717, 1.165) is 12.8 Å². The minimum atomic E-state index is -0.614. The zero-order chi connectivity index (χ0) is 16.8. The fraction of sp³-hybridized carbons (Fsp3) is 0.800. The quantitative estimate of drug-likeness (QED) is 0.167. The molecule has 3 nitrogen and oxygen atoms in total. The van der Waals surface area contributed by atoms with E-state index in [2.05, 4.69) is 11.7 Å². The number of hydrogen-bond donors (Lipinski definition) is 0. The molecule has 0 N–H and O–H groups in total. The molecule has 1 aliphatic rings. The Morgan fingerprint density at radius 3 is 1.61 bits per heavy atom. The second-order valence-corrected chi connectivity index (χ2v) is 6.68. The molecule has 1 fully saturated rings. The maximum Gasteiger partial charge on any atom is 0.331 e. The van der Waals surface area contributed by atoms with Gasteiger partial charge in [0.2, 0.25) is 0 Å². The summed E-state index contributed by atoms with van der Waals surface area (Å²) in [6.07, 6.45) is 22.2. The van der Waals surface area contributed by atoms with Gasteiger partial charge in [0.1, 0.15) is 0 Å². The molecule has 0 bridgehead atoms. The highest BCUT2D eigenvalue weighted by atomic mass is 16.6. The lowest BCUT2D eigenvalue weighted by molar-refractivity contribution is -0.180. The Balaban J connectivity index is 1.76. The smallest absolute Gasteiger partial charge is 0.331 e. The predicted octanol–water partition coefficient (Wildman–Crippen LogP) is 5.72. The highest BCUT2D eigenvalue weighted by Crippen LogP contribution is 2.17. The van der Waals surface area contributed by atoms with Gasteiger partial charge >= 0.3 is 11.9 Å². The SMILES string of the molecule is CCCCCCCCCCCCCCC/C=C/C1C(=O)OC1=O. The van der Waals surface area contributed by atoms with Crippen LogP contribution in [0.15, 0.2) is 12.2 Å². The number of carbonyl (C=O) groups is 2. The maximum absolute atomic E-state index is 10.9. The molecule has 1 saturated heterocycles. The summed E-state index contributed by atoms with van der Waals surface area (Å²) in [7, 11) is 0. The number of rotatable bonds is 15. The summed E-state index contributed by atoms with van der Waals surface area (Å²) in [6, 6.07) is 0. The topological polar surface area (TPSA) is 43.4 Å². The number of unbranched alkanes of at least 4 members (excludes halogenated alkanes) is 13. The summed E-state index contributed by atoms with van der Waals surface area (Å²) in [5.41, 5.74) is 0. The molecule has 1 heterocycles. The molecular weight excluding hydrogens is 288 g/mol. The van der Waals surface area contributed by atoms with Gasteiger partial charge < -0.3 is 4.74 Å². The standard InChI is InChI=1S/C20H34O3/c1-2-3-4-5-6-7-8-9-10-11-12-13-14-15-16-17-18-19(21)23-20(18)22/h16-18H,2-15H2,1H3/b17-16+. The zero-order valence-electron chi connectivity index (χ0n) is 14.9. The second kappa shape index (κ2) is 13.3. The summed E-state index contributed by atoms with van der Waals surface area (Å²) in [5.74, 6) is -1.43. The van der Waals surface area contributed by atoms with Crippen molar-refractivity contribution in [3.63, 3.8) is 0 Å². The number of hydrogen-bond acceptors (Lipinski definition) is 3. The molecule has 0 radical (unpaired) electrons. The van der Waals surface area contributed by atoms with Crippen LogP contribution in [-0.4, -0.2) is 11.9 Å². The van der Waals surface area contributed by atoms with Crippen LogP contribution < -0.4 is 0 Å². The lowest BCUT2D eigenvalue weighted by Crippen LogP contribution is -2.39. The van der Waals surface area contributed by atoms with E-state index in [1.165, 1.54) is 77.0 Å². The first-order chi connectivity index (χ1) is 11.3. The minimum Gasteiger partial charge on any atom is -0.391 e. The molecule has 0 aromatic carbocycles. The number of carbonyl (C=O) groups excluding carboxylic acids is 2. The van der Waals surface area contributed by atoms with E-state index < -0.39 is 17.9 Å². The zero-order valence-corrected chi connectivity index (χ0v) is 14.9. The van der Waals surface area contributed by atoms with Crippen LogP contribution >= 0.6 is 0 Å². The van der Waals surface area contributed by atoms with Gasteiger partial charge in [0.05, 0.1) is 0 Å². The van der Waals surface area contributed by atoms with E-state index in [4.69, 9.17) is 0 Å². The van der Waals surface area contributed by atoms with Crippen LogP contribution in [0.25, 0.3) is 0 Å². The number of ether oxygens (including phenoxy) is 1. The van der Waals surface area contributed by atoms with Crippen molar-refractivity contribution in [2.75, 3.05) is 0 Å². The fourth-order valence-electron chi connectivity index (χ4n) is 2.93. The molecule has 0 unspecified atom stereocenters. The largest absolute Gasteiger partial charge is 0.391 e. The summed E-state index contributed by atoms with van der Waals surface area (Å²) in [4.78, 5) is 21.9. The Morgan fingerprint density at radius 1 is 0.739 bits per heavy atom. The predicted molar refractivity (Wildman–Crippen MR) is 94.0 cm³/mol. The van der Waals surface area contributed by atoms with Gasteiger partial charge in [-0.3, -0.25) is 9.59 Å². The minimum absolute atomic E-state index is 0.406. The fourth-order valence-corrected chi connectivity index (χ4v) is 2.93. The third-order valence-corrected chi connectivity index (χ3v) is 4.51. The monoisotopic (exact) mass is 322 g/mol. The molecule has 0 saturated carbocycles. The van der Waals surface area contributed by atoms with Crippen LogP contribution in [0.1, 0.15) is 96.8 Å². The Labute approximate surface area is 141 Å². The van der Waals surface area contributed by atoms with E-state index in [9.17, 15) is 9.59 Å². The van der Waals surface area contributed by atoms with Crippen molar-refractivity contribution < 1.29 is 14.3 Å². The lowest BCUT2D eigenvalue weighted by atomic mass is 10.0. The molecule has 132 valence electrons. The molecule has 23 heavy (non-hydrogen) atoms. The third-order valence-electron chi connectivity index (χ3n) is 4.51. The molecule has 1 rings (SSSR count). The van der Waals surface area contributed by atoms with Gasteiger partial charge in [0.15, 0.2) is 5.92 Å².